The molecule has 1 aromatic carbocycles. The molecule has 2 aromatic heterocycles. The average Bonchev–Trinajstić information content (AvgIpc) is 3.40. The molecule has 11 heteroatoms. The Balaban J connectivity index is 1.04. The van der Waals surface area contributed by atoms with Crippen molar-refractivity contribution in [3.8, 4) is 5.19 Å². The summed E-state index contributed by atoms with van der Waals surface area (Å²) in [6.45, 7) is 3.17. The fourth-order valence-electron chi connectivity index (χ4n) is 5.38. The number of halogens is 2. The summed E-state index contributed by atoms with van der Waals surface area (Å²) in [4.78, 5) is 21.1. The second-order valence-electron chi connectivity index (χ2n) is 10.4. The van der Waals surface area contributed by atoms with Crippen LogP contribution in [0.15, 0.2) is 18.2 Å². The molecule has 3 heterocycles. The molecule has 1 aliphatic heterocycles. The number of para-hydroxylation sites is 1. The molecule has 1 saturated carbocycles. The van der Waals surface area contributed by atoms with E-state index in [9.17, 15) is 13.6 Å². The number of hydrogen-bond donors (Lipinski definition) is 1. The van der Waals surface area contributed by atoms with Crippen molar-refractivity contribution >= 4 is 28.3 Å². The lowest BCUT2D eigenvalue weighted by atomic mass is 9.84. The maximum absolute atomic E-state index is 13.1. The van der Waals surface area contributed by atoms with E-state index in [1.54, 1.807) is 11.7 Å². The largest absolute Gasteiger partial charge is 0.464 e. The van der Waals surface area contributed by atoms with E-state index in [1.807, 2.05) is 18.2 Å². The van der Waals surface area contributed by atoms with Crippen molar-refractivity contribution in [3.05, 3.63) is 34.3 Å². The third kappa shape index (κ3) is 6.43. The molecule has 0 saturated heterocycles. The minimum absolute atomic E-state index is 0.0537. The predicted octanol–water partition coefficient (Wildman–Crippen LogP) is 4.24. The first-order valence-electron chi connectivity index (χ1n) is 13.1. The van der Waals surface area contributed by atoms with E-state index in [1.165, 1.54) is 11.3 Å². The molecule has 5 rings (SSSR count). The van der Waals surface area contributed by atoms with Crippen LogP contribution in [0.2, 0.25) is 0 Å². The first-order valence-corrected chi connectivity index (χ1v) is 13.9. The average molecular weight is 533 g/mol. The van der Waals surface area contributed by atoms with Gasteiger partial charge in [0.25, 0.3) is 17.0 Å². The van der Waals surface area contributed by atoms with Gasteiger partial charge in [-0.1, -0.05) is 22.6 Å². The van der Waals surface area contributed by atoms with Crippen LogP contribution in [0, 0.1) is 5.92 Å². The summed E-state index contributed by atoms with van der Waals surface area (Å²) in [6.07, 6.45) is 7.10. The zero-order valence-electron chi connectivity index (χ0n) is 21.4. The minimum atomic E-state index is -2.85. The van der Waals surface area contributed by atoms with Crippen LogP contribution in [-0.2, 0) is 19.9 Å². The number of amides is 1. The Bertz CT molecular complexity index is 1210. The van der Waals surface area contributed by atoms with Crippen LogP contribution < -0.4 is 10.1 Å². The summed E-state index contributed by atoms with van der Waals surface area (Å²) in [7, 11) is 1.81. The number of thiazole rings is 1. The van der Waals surface area contributed by atoms with Crippen molar-refractivity contribution in [3.63, 3.8) is 0 Å². The molecular formula is C26H34F2N6O2S. The van der Waals surface area contributed by atoms with Crippen LogP contribution in [0.3, 0.4) is 0 Å². The standard InChI is InChI=1S/C26H34F2N6O2S/c1-26(27,28)16-36-25-30-20-11-14-34(15-12-22(20)37-25)13-10-17-6-8-18(9-7-17)29-24(35)19-4-3-5-21-23(19)33(2)32-31-21/h3-5,17-18H,6-16H2,1-2H3,(H,29,35). The number of ether oxygens (including phenoxy) is 1. The number of rotatable bonds is 8. The van der Waals surface area contributed by atoms with Gasteiger partial charge in [0, 0.05) is 44.4 Å². The van der Waals surface area contributed by atoms with Gasteiger partial charge in [-0.3, -0.25) is 4.79 Å². The number of nitrogens with zero attached hydrogens (tertiary/aromatic N) is 5. The predicted molar refractivity (Wildman–Crippen MR) is 138 cm³/mol. The van der Waals surface area contributed by atoms with Gasteiger partial charge in [0.2, 0.25) is 0 Å². The van der Waals surface area contributed by atoms with E-state index in [-0.39, 0.29) is 11.9 Å². The third-order valence-electron chi connectivity index (χ3n) is 7.43. The van der Waals surface area contributed by atoms with Gasteiger partial charge in [-0.2, -0.15) is 0 Å². The van der Waals surface area contributed by atoms with Crippen LogP contribution in [0.5, 0.6) is 5.19 Å². The number of benzene rings is 1. The lowest BCUT2D eigenvalue weighted by Gasteiger charge is -2.30. The van der Waals surface area contributed by atoms with Crippen molar-refractivity contribution in [2.24, 2.45) is 13.0 Å². The Morgan fingerprint density at radius 2 is 2.00 bits per heavy atom. The van der Waals surface area contributed by atoms with E-state index < -0.39 is 12.5 Å². The lowest BCUT2D eigenvalue weighted by molar-refractivity contribution is -0.0230. The molecule has 0 bridgehead atoms. The van der Waals surface area contributed by atoms with Crippen LogP contribution in [0.25, 0.3) is 11.0 Å². The maximum atomic E-state index is 13.1. The minimum Gasteiger partial charge on any atom is -0.464 e. The maximum Gasteiger partial charge on any atom is 0.278 e. The van der Waals surface area contributed by atoms with Crippen molar-refractivity contribution in [2.75, 3.05) is 26.2 Å². The molecule has 1 aliphatic carbocycles. The van der Waals surface area contributed by atoms with E-state index in [4.69, 9.17) is 4.74 Å². The summed E-state index contributed by atoms with van der Waals surface area (Å²) in [5.74, 6) is -2.23. The number of carbonyl (C=O) groups excluding carboxylic acids is 1. The molecule has 2 aliphatic rings. The van der Waals surface area contributed by atoms with Crippen LogP contribution in [0.1, 0.15) is 60.0 Å². The molecule has 8 nitrogen and oxygen atoms in total. The Morgan fingerprint density at radius 3 is 2.78 bits per heavy atom. The monoisotopic (exact) mass is 532 g/mol. The number of alkyl halides is 2. The lowest BCUT2D eigenvalue weighted by Crippen LogP contribution is -2.38. The molecule has 1 N–H and O–H groups in total. The summed E-state index contributed by atoms with van der Waals surface area (Å²) < 4.78 is 33.0. The van der Waals surface area contributed by atoms with E-state index in [0.29, 0.717) is 16.7 Å². The van der Waals surface area contributed by atoms with Gasteiger partial charge in [-0.25, -0.2) is 18.4 Å². The molecule has 0 radical (unpaired) electrons. The van der Waals surface area contributed by atoms with Gasteiger partial charge in [0.15, 0.2) is 6.61 Å². The summed E-state index contributed by atoms with van der Waals surface area (Å²) in [6, 6.07) is 5.75. The van der Waals surface area contributed by atoms with E-state index in [2.05, 4.69) is 25.5 Å². The molecule has 200 valence electrons. The highest BCUT2D eigenvalue weighted by atomic mass is 32.1. The second kappa shape index (κ2) is 11.0. The second-order valence-corrected chi connectivity index (χ2v) is 11.5. The van der Waals surface area contributed by atoms with Crippen molar-refractivity contribution < 1.29 is 18.3 Å². The third-order valence-corrected chi connectivity index (χ3v) is 8.50. The highest BCUT2D eigenvalue weighted by Gasteiger charge is 2.26. The van der Waals surface area contributed by atoms with Crippen LogP contribution >= 0.6 is 11.3 Å². The fourth-order valence-corrected chi connectivity index (χ4v) is 6.32. The Labute approximate surface area is 219 Å². The van der Waals surface area contributed by atoms with Gasteiger partial charge in [0.05, 0.1) is 11.3 Å². The molecule has 3 aromatic rings. The topological polar surface area (TPSA) is 85.2 Å². The molecule has 1 fully saturated rings. The zero-order chi connectivity index (χ0) is 26.0. The van der Waals surface area contributed by atoms with Crippen LogP contribution in [0.4, 0.5) is 8.78 Å². The fraction of sp³-hybridized carbons (Fsp3) is 0.615. The number of fused-ring (bicyclic) bond motifs is 2. The Morgan fingerprint density at radius 1 is 1.22 bits per heavy atom. The number of nitrogens with one attached hydrogen (secondary N) is 1. The van der Waals surface area contributed by atoms with Gasteiger partial charge in [-0.05, 0) is 63.1 Å². The first-order chi connectivity index (χ1) is 17.7. The van der Waals surface area contributed by atoms with Gasteiger partial charge in [0.1, 0.15) is 11.0 Å². The van der Waals surface area contributed by atoms with E-state index in [0.717, 1.165) is 93.1 Å². The molecule has 1 amide bonds. The number of aromatic nitrogens is 4. The molecule has 0 atom stereocenters. The zero-order valence-corrected chi connectivity index (χ0v) is 22.2. The Kier molecular flexibility index (Phi) is 7.71. The number of aryl methyl sites for hydroxylation is 1. The highest BCUT2D eigenvalue weighted by Crippen LogP contribution is 2.31. The van der Waals surface area contributed by atoms with Gasteiger partial charge < -0.3 is 15.0 Å². The van der Waals surface area contributed by atoms with Gasteiger partial charge in [-0.15, -0.1) is 5.10 Å². The molecule has 0 spiro atoms. The highest BCUT2D eigenvalue weighted by molar-refractivity contribution is 7.13. The quantitative estimate of drug-likeness (QED) is 0.467. The van der Waals surface area contributed by atoms with E-state index >= 15 is 0 Å². The van der Waals surface area contributed by atoms with Gasteiger partial charge >= 0.3 is 0 Å². The SMILES string of the molecule is Cn1nnc2cccc(C(=O)NC3CCC(CCN4CCc5nc(OCC(C)(F)F)sc5CC4)CC3)c21. The summed E-state index contributed by atoms with van der Waals surface area (Å²) in [5, 5.41) is 11.7. The molecule has 37 heavy (non-hydrogen) atoms. The van der Waals surface area contributed by atoms with Crippen molar-refractivity contribution in [1.29, 1.82) is 0 Å². The molecular weight excluding hydrogens is 498 g/mol. The summed E-state index contributed by atoms with van der Waals surface area (Å²) >= 11 is 1.41. The Hall–Kier alpha value is -2.66. The van der Waals surface area contributed by atoms with Crippen LogP contribution in [-0.4, -0.2) is 69.0 Å². The van der Waals surface area contributed by atoms with Crippen molar-refractivity contribution in [2.45, 2.75) is 63.8 Å². The number of carbonyl (C=O) groups is 1. The summed E-state index contributed by atoms with van der Waals surface area (Å²) in [5.41, 5.74) is 3.11. The normalized spacial score (nSPS) is 21.0. The molecule has 0 unspecified atom stereocenters. The van der Waals surface area contributed by atoms with Crippen molar-refractivity contribution in [1.82, 2.24) is 30.2 Å². The first kappa shape index (κ1) is 26.0. The smallest absolute Gasteiger partial charge is 0.278 e. The number of hydrogen-bond acceptors (Lipinski definition) is 7.